The Balaban J connectivity index is 1.69. The van der Waals surface area contributed by atoms with Crippen LogP contribution in [-0.2, 0) is 27.2 Å². The quantitative estimate of drug-likeness (QED) is 0.609. The fourth-order valence-corrected chi connectivity index (χ4v) is 3.72. The summed E-state index contributed by atoms with van der Waals surface area (Å²) < 4.78 is 0. The average molecular weight is 326 g/mol. The van der Waals surface area contributed by atoms with Gasteiger partial charge in [-0.2, -0.15) is 0 Å². The van der Waals surface area contributed by atoms with E-state index < -0.39 is 29.7 Å². The third-order valence-electron chi connectivity index (χ3n) is 4.92. The molecule has 3 aliphatic rings. The third kappa shape index (κ3) is 2.01. The Labute approximate surface area is 137 Å². The van der Waals surface area contributed by atoms with Gasteiger partial charge in [-0.15, -0.1) is 0 Å². The molecule has 1 saturated heterocycles. The lowest BCUT2D eigenvalue weighted by Gasteiger charge is -2.27. The number of nitrogens with one attached hydrogen (secondary N) is 1. The van der Waals surface area contributed by atoms with E-state index in [0.717, 1.165) is 22.3 Å². The summed E-state index contributed by atoms with van der Waals surface area (Å²) in [4.78, 5) is 60.5. The first-order valence-electron chi connectivity index (χ1n) is 7.82. The number of benzene rings is 1. The average Bonchev–Trinajstić information content (AvgIpc) is 3.06. The van der Waals surface area contributed by atoms with E-state index in [2.05, 4.69) is 5.32 Å². The molecule has 1 aromatic carbocycles. The third-order valence-corrected chi connectivity index (χ3v) is 4.92. The van der Waals surface area contributed by atoms with Gasteiger partial charge in [0.15, 0.2) is 0 Å². The minimum Gasteiger partial charge on any atom is -0.303 e. The topological polar surface area (TPSA) is 101 Å². The van der Waals surface area contributed by atoms with E-state index in [4.69, 9.17) is 0 Å². The fourth-order valence-electron chi connectivity index (χ4n) is 3.72. The highest BCUT2D eigenvalue weighted by atomic mass is 16.2. The van der Waals surface area contributed by atoms with E-state index in [-0.39, 0.29) is 29.9 Å². The van der Waals surface area contributed by atoms with Crippen LogP contribution in [0.2, 0.25) is 0 Å². The molecule has 24 heavy (non-hydrogen) atoms. The summed E-state index contributed by atoms with van der Waals surface area (Å²) in [6.07, 6.45) is 2.26. The van der Waals surface area contributed by atoms with Crippen molar-refractivity contribution in [3.63, 3.8) is 0 Å². The largest absolute Gasteiger partial charge is 0.303 e. The molecule has 4 amide bonds. The Kier molecular flexibility index (Phi) is 3.13. The number of imide groups is 2. The van der Waals surface area contributed by atoms with Gasteiger partial charge < -0.3 is 4.79 Å². The standard InChI is InChI=1S/C17H14N2O5/c20-7-8-3-9-5-11-12(6-10(9)4-8)17(24)19(16(11)23)13-1-2-14(21)18-15(13)22/h5-8,13H,1-4H2,(H,18,21,22)/t13-/m0/s1. The molecular weight excluding hydrogens is 312 g/mol. The number of hydrogen-bond donors (Lipinski definition) is 1. The van der Waals surface area contributed by atoms with E-state index in [1.807, 2.05) is 0 Å². The minimum atomic E-state index is -0.951. The summed E-state index contributed by atoms with van der Waals surface area (Å²) in [6, 6.07) is 2.38. The number of amides is 4. The first kappa shape index (κ1) is 14.7. The van der Waals surface area contributed by atoms with Gasteiger partial charge >= 0.3 is 0 Å². The van der Waals surface area contributed by atoms with Crippen molar-refractivity contribution in [2.45, 2.75) is 31.7 Å². The summed E-state index contributed by atoms with van der Waals surface area (Å²) in [5, 5.41) is 2.17. The van der Waals surface area contributed by atoms with Crippen molar-refractivity contribution in [3.8, 4) is 0 Å². The predicted octanol–water partition coefficient (Wildman–Crippen LogP) is 0.00150. The minimum absolute atomic E-state index is 0.0985. The van der Waals surface area contributed by atoms with Crippen LogP contribution < -0.4 is 5.32 Å². The molecule has 7 nitrogen and oxygen atoms in total. The van der Waals surface area contributed by atoms with Crippen LogP contribution >= 0.6 is 0 Å². The van der Waals surface area contributed by atoms with Crippen LogP contribution in [0.15, 0.2) is 12.1 Å². The molecule has 1 aromatic rings. The Morgan fingerprint density at radius 1 is 1.00 bits per heavy atom. The highest BCUT2D eigenvalue weighted by Crippen LogP contribution is 2.34. The summed E-state index contributed by atoms with van der Waals surface area (Å²) in [7, 11) is 0. The molecule has 2 aliphatic heterocycles. The van der Waals surface area contributed by atoms with Crippen molar-refractivity contribution < 1.29 is 24.0 Å². The molecular formula is C17H14N2O5. The molecule has 0 aromatic heterocycles. The van der Waals surface area contributed by atoms with Crippen LogP contribution in [-0.4, -0.2) is 40.9 Å². The van der Waals surface area contributed by atoms with Gasteiger partial charge in [-0.05, 0) is 42.5 Å². The molecule has 0 unspecified atom stereocenters. The second kappa shape index (κ2) is 5.09. The molecule has 4 rings (SSSR count). The zero-order chi connectivity index (χ0) is 17.0. The molecule has 0 spiro atoms. The Morgan fingerprint density at radius 3 is 2.08 bits per heavy atom. The molecule has 1 atom stereocenters. The number of fused-ring (bicyclic) bond motifs is 2. The van der Waals surface area contributed by atoms with Crippen LogP contribution in [0.5, 0.6) is 0 Å². The normalized spacial score (nSPS) is 23.3. The van der Waals surface area contributed by atoms with Gasteiger partial charge in [0.05, 0.1) is 11.1 Å². The highest BCUT2D eigenvalue weighted by Gasteiger charge is 2.45. The molecule has 1 fully saturated rings. The maximum atomic E-state index is 12.7. The smallest absolute Gasteiger partial charge is 0.262 e. The predicted molar refractivity (Wildman–Crippen MR) is 80.1 cm³/mol. The van der Waals surface area contributed by atoms with Crippen LogP contribution in [0.4, 0.5) is 0 Å². The molecule has 1 aliphatic carbocycles. The monoisotopic (exact) mass is 326 g/mol. The fraction of sp³-hybridized carbons (Fsp3) is 0.353. The number of nitrogens with zero attached hydrogens (tertiary/aromatic N) is 1. The summed E-state index contributed by atoms with van der Waals surface area (Å²) in [5.74, 6) is -2.15. The van der Waals surface area contributed by atoms with E-state index in [1.54, 1.807) is 12.1 Å². The van der Waals surface area contributed by atoms with Crippen molar-refractivity contribution in [2.75, 3.05) is 0 Å². The van der Waals surface area contributed by atoms with Crippen LogP contribution in [0.3, 0.4) is 0 Å². The zero-order valence-corrected chi connectivity index (χ0v) is 12.7. The summed E-state index contributed by atoms with van der Waals surface area (Å²) in [5.41, 5.74) is 2.35. The van der Waals surface area contributed by atoms with Gasteiger partial charge in [0.1, 0.15) is 12.3 Å². The van der Waals surface area contributed by atoms with Crippen molar-refractivity contribution in [1.29, 1.82) is 0 Å². The lowest BCUT2D eigenvalue weighted by Crippen LogP contribution is -2.54. The zero-order valence-electron chi connectivity index (χ0n) is 12.7. The van der Waals surface area contributed by atoms with E-state index in [0.29, 0.717) is 12.8 Å². The number of carbonyl (C=O) groups excluding carboxylic acids is 5. The first-order chi connectivity index (χ1) is 11.5. The van der Waals surface area contributed by atoms with Crippen molar-refractivity contribution in [1.82, 2.24) is 10.2 Å². The number of carbonyl (C=O) groups is 5. The molecule has 122 valence electrons. The molecule has 0 saturated carbocycles. The van der Waals surface area contributed by atoms with Crippen molar-refractivity contribution >= 4 is 29.9 Å². The van der Waals surface area contributed by atoms with Crippen molar-refractivity contribution in [3.05, 3.63) is 34.4 Å². The summed E-state index contributed by atoms with van der Waals surface area (Å²) >= 11 is 0. The van der Waals surface area contributed by atoms with Gasteiger partial charge in [0.2, 0.25) is 11.8 Å². The lowest BCUT2D eigenvalue weighted by molar-refractivity contribution is -0.136. The van der Waals surface area contributed by atoms with Gasteiger partial charge in [-0.25, -0.2) is 0 Å². The molecule has 2 heterocycles. The van der Waals surface area contributed by atoms with Crippen LogP contribution in [0.25, 0.3) is 0 Å². The number of aldehydes is 1. The van der Waals surface area contributed by atoms with Gasteiger partial charge in [0.25, 0.3) is 11.8 Å². The second-order valence-corrected chi connectivity index (χ2v) is 6.42. The Hall–Kier alpha value is -2.83. The number of hydrogen-bond acceptors (Lipinski definition) is 5. The van der Waals surface area contributed by atoms with Crippen molar-refractivity contribution in [2.24, 2.45) is 5.92 Å². The van der Waals surface area contributed by atoms with E-state index in [1.165, 1.54) is 0 Å². The molecule has 7 heteroatoms. The molecule has 0 radical (unpaired) electrons. The lowest BCUT2D eigenvalue weighted by atomic mass is 10.0. The number of rotatable bonds is 2. The van der Waals surface area contributed by atoms with E-state index >= 15 is 0 Å². The Morgan fingerprint density at radius 2 is 1.58 bits per heavy atom. The van der Waals surface area contributed by atoms with Gasteiger partial charge in [-0.1, -0.05) is 0 Å². The molecule has 0 bridgehead atoms. The summed E-state index contributed by atoms with van der Waals surface area (Å²) in [6.45, 7) is 0. The maximum absolute atomic E-state index is 12.7. The van der Waals surface area contributed by atoms with Gasteiger partial charge in [0, 0.05) is 12.3 Å². The Bertz CT molecular complexity index is 784. The maximum Gasteiger partial charge on any atom is 0.262 e. The second-order valence-electron chi connectivity index (χ2n) is 6.42. The van der Waals surface area contributed by atoms with Gasteiger partial charge in [-0.3, -0.25) is 29.4 Å². The number of piperidine rings is 1. The highest BCUT2D eigenvalue weighted by molar-refractivity contribution is 6.23. The SMILES string of the molecule is O=CC1Cc2cc3c(cc2C1)C(=O)N([C@H]1CCC(=O)NC1=O)C3=O. The van der Waals surface area contributed by atoms with Crippen LogP contribution in [0, 0.1) is 5.92 Å². The molecule has 1 N–H and O–H groups in total. The van der Waals surface area contributed by atoms with Crippen LogP contribution in [0.1, 0.15) is 44.7 Å². The van der Waals surface area contributed by atoms with E-state index in [9.17, 15) is 24.0 Å². The first-order valence-corrected chi connectivity index (χ1v) is 7.82.